The van der Waals surface area contributed by atoms with E-state index in [1.165, 1.54) is 11.3 Å². The first-order valence-electron chi connectivity index (χ1n) is 12.3. The fraction of sp³-hybridized carbons (Fsp3) is 0.370. The molecule has 0 atom stereocenters. The van der Waals surface area contributed by atoms with Gasteiger partial charge in [0.25, 0.3) is 5.91 Å². The van der Waals surface area contributed by atoms with E-state index in [0.29, 0.717) is 61.5 Å². The largest absolute Gasteiger partial charge is 0.497 e. The van der Waals surface area contributed by atoms with E-state index in [9.17, 15) is 9.59 Å². The van der Waals surface area contributed by atoms with Crippen LogP contribution in [0.25, 0.3) is 0 Å². The van der Waals surface area contributed by atoms with E-state index in [4.69, 9.17) is 14.2 Å². The molecule has 38 heavy (non-hydrogen) atoms. The van der Waals surface area contributed by atoms with Crippen LogP contribution in [-0.4, -0.2) is 87.4 Å². The van der Waals surface area contributed by atoms with E-state index in [1.807, 2.05) is 29.2 Å². The molecule has 1 aliphatic heterocycles. The number of nitrogens with one attached hydrogen (secondary N) is 1. The maximum absolute atomic E-state index is 13.2. The van der Waals surface area contributed by atoms with Crippen LogP contribution in [0.1, 0.15) is 15.5 Å². The standard InChI is InChI=1S/C27H33N5O5S/c1-35-17-16-32(27(34)28-20-8-10-21(36-2)11-9-20)18-25-29-22(19-38-25)26(33)31-14-12-30(13-15-31)23-6-4-5-7-24(23)37-3/h4-11,19H,12-18H2,1-3H3,(H,28,34). The Morgan fingerprint density at radius 3 is 2.42 bits per heavy atom. The highest BCUT2D eigenvalue weighted by Crippen LogP contribution is 2.28. The summed E-state index contributed by atoms with van der Waals surface area (Å²) in [6.07, 6.45) is 0. The van der Waals surface area contributed by atoms with Crippen molar-refractivity contribution in [2.75, 3.05) is 70.9 Å². The molecule has 1 fully saturated rings. The third-order valence-electron chi connectivity index (χ3n) is 6.28. The fourth-order valence-electron chi connectivity index (χ4n) is 4.18. The molecule has 2 heterocycles. The molecule has 0 unspecified atom stereocenters. The molecule has 10 nitrogen and oxygen atoms in total. The van der Waals surface area contributed by atoms with Gasteiger partial charge in [0.1, 0.15) is 22.2 Å². The van der Waals surface area contributed by atoms with Crippen LogP contribution < -0.4 is 19.7 Å². The van der Waals surface area contributed by atoms with Crippen LogP contribution in [0, 0.1) is 0 Å². The number of thiazole rings is 1. The highest BCUT2D eigenvalue weighted by atomic mass is 32.1. The summed E-state index contributed by atoms with van der Waals surface area (Å²) in [5, 5.41) is 5.34. The Bertz CT molecular complexity index is 1210. The highest BCUT2D eigenvalue weighted by molar-refractivity contribution is 7.09. The van der Waals surface area contributed by atoms with Crippen LogP contribution in [-0.2, 0) is 11.3 Å². The van der Waals surface area contributed by atoms with Gasteiger partial charge in [0.15, 0.2) is 0 Å². The van der Waals surface area contributed by atoms with Crippen LogP contribution in [0.15, 0.2) is 53.9 Å². The molecular weight excluding hydrogens is 506 g/mol. The van der Waals surface area contributed by atoms with Gasteiger partial charge in [-0.25, -0.2) is 9.78 Å². The van der Waals surface area contributed by atoms with E-state index < -0.39 is 0 Å². The minimum absolute atomic E-state index is 0.0988. The Morgan fingerprint density at radius 1 is 1.00 bits per heavy atom. The van der Waals surface area contributed by atoms with Crippen LogP contribution in [0.4, 0.5) is 16.2 Å². The number of nitrogens with zero attached hydrogens (tertiary/aromatic N) is 4. The van der Waals surface area contributed by atoms with Crippen molar-refractivity contribution < 1.29 is 23.8 Å². The number of hydrogen-bond acceptors (Lipinski definition) is 8. The number of urea groups is 1. The summed E-state index contributed by atoms with van der Waals surface area (Å²) >= 11 is 1.37. The van der Waals surface area contributed by atoms with E-state index in [-0.39, 0.29) is 18.5 Å². The monoisotopic (exact) mass is 539 g/mol. The number of carbonyl (C=O) groups is 2. The molecule has 11 heteroatoms. The lowest BCUT2D eigenvalue weighted by Gasteiger charge is -2.36. The lowest BCUT2D eigenvalue weighted by molar-refractivity contribution is 0.0741. The molecule has 1 aromatic heterocycles. The average Bonchev–Trinajstić information content (AvgIpc) is 3.44. The van der Waals surface area contributed by atoms with Gasteiger partial charge >= 0.3 is 6.03 Å². The number of anilines is 2. The predicted octanol–water partition coefficient (Wildman–Crippen LogP) is 3.80. The molecule has 0 radical (unpaired) electrons. The number of para-hydroxylation sites is 2. The zero-order valence-corrected chi connectivity index (χ0v) is 22.7. The quantitative estimate of drug-likeness (QED) is 0.419. The SMILES string of the molecule is COCCN(Cc1nc(C(=O)N2CCN(c3ccccc3OC)CC2)cs1)C(=O)Nc1ccc(OC)cc1. The summed E-state index contributed by atoms with van der Waals surface area (Å²) in [5.74, 6) is 1.43. The first kappa shape index (κ1) is 27.2. The maximum Gasteiger partial charge on any atom is 0.322 e. The van der Waals surface area contributed by atoms with Crippen molar-refractivity contribution in [1.29, 1.82) is 0 Å². The summed E-state index contributed by atoms with van der Waals surface area (Å²) in [6.45, 7) is 3.63. The second kappa shape index (κ2) is 13.1. The molecule has 4 rings (SSSR count). The van der Waals surface area contributed by atoms with Crippen molar-refractivity contribution in [3.05, 3.63) is 64.6 Å². The Hall–Kier alpha value is -3.83. The zero-order valence-electron chi connectivity index (χ0n) is 21.9. The maximum atomic E-state index is 13.2. The summed E-state index contributed by atoms with van der Waals surface area (Å²) in [7, 11) is 4.85. The van der Waals surface area contributed by atoms with Crippen molar-refractivity contribution in [1.82, 2.24) is 14.8 Å². The van der Waals surface area contributed by atoms with E-state index >= 15 is 0 Å². The number of rotatable bonds is 10. The van der Waals surface area contributed by atoms with Gasteiger partial charge in [0, 0.05) is 50.9 Å². The van der Waals surface area contributed by atoms with Crippen molar-refractivity contribution in [3.8, 4) is 11.5 Å². The van der Waals surface area contributed by atoms with Gasteiger partial charge in [-0.2, -0.15) is 0 Å². The normalized spacial score (nSPS) is 13.2. The number of amides is 3. The Balaban J connectivity index is 1.35. The third-order valence-corrected chi connectivity index (χ3v) is 7.12. The zero-order chi connectivity index (χ0) is 26.9. The minimum Gasteiger partial charge on any atom is -0.497 e. The number of piperazine rings is 1. The van der Waals surface area contributed by atoms with Crippen LogP contribution in [0.5, 0.6) is 11.5 Å². The van der Waals surface area contributed by atoms with Gasteiger partial charge in [0.05, 0.1) is 33.1 Å². The number of benzene rings is 2. The van der Waals surface area contributed by atoms with E-state index in [0.717, 1.165) is 11.4 Å². The Morgan fingerprint density at radius 2 is 1.74 bits per heavy atom. The Kier molecular flexibility index (Phi) is 9.39. The molecule has 202 valence electrons. The van der Waals surface area contributed by atoms with Gasteiger partial charge in [-0.3, -0.25) is 4.79 Å². The molecule has 2 aromatic carbocycles. The van der Waals surface area contributed by atoms with Gasteiger partial charge in [0.2, 0.25) is 0 Å². The number of aromatic nitrogens is 1. The molecule has 0 bridgehead atoms. The summed E-state index contributed by atoms with van der Waals surface area (Å²) < 4.78 is 15.8. The average molecular weight is 540 g/mol. The first-order chi connectivity index (χ1) is 18.5. The van der Waals surface area contributed by atoms with Crippen molar-refractivity contribution >= 4 is 34.6 Å². The van der Waals surface area contributed by atoms with Crippen molar-refractivity contribution in [3.63, 3.8) is 0 Å². The molecule has 1 aliphatic rings. The highest BCUT2D eigenvalue weighted by Gasteiger charge is 2.26. The van der Waals surface area contributed by atoms with E-state index in [1.54, 1.807) is 55.9 Å². The second-order valence-electron chi connectivity index (χ2n) is 8.65. The molecule has 1 saturated heterocycles. The second-order valence-corrected chi connectivity index (χ2v) is 9.59. The fourth-order valence-corrected chi connectivity index (χ4v) is 4.96. The lowest BCUT2D eigenvalue weighted by atomic mass is 10.2. The molecule has 3 aromatic rings. The third kappa shape index (κ3) is 6.73. The molecule has 0 aliphatic carbocycles. The van der Waals surface area contributed by atoms with Crippen molar-refractivity contribution in [2.24, 2.45) is 0 Å². The molecule has 0 spiro atoms. The van der Waals surface area contributed by atoms with Gasteiger partial charge in [-0.1, -0.05) is 12.1 Å². The minimum atomic E-state index is -0.275. The van der Waals surface area contributed by atoms with E-state index in [2.05, 4.69) is 15.2 Å². The van der Waals surface area contributed by atoms with Gasteiger partial charge in [-0.05, 0) is 36.4 Å². The van der Waals surface area contributed by atoms with Crippen molar-refractivity contribution in [2.45, 2.75) is 6.54 Å². The molecule has 3 amide bonds. The van der Waals surface area contributed by atoms with Gasteiger partial charge in [-0.15, -0.1) is 11.3 Å². The number of methoxy groups -OCH3 is 3. The number of hydrogen-bond donors (Lipinski definition) is 1. The topological polar surface area (TPSA) is 96.5 Å². The summed E-state index contributed by atoms with van der Waals surface area (Å²) in [6, 6.07) is 14.7. The van der Waals surface area contributed by atoms with Crippen LogP contribution in [0.3, 0.4) is 0 Å². The molecule has 0 saturated carbocycles. The number of carbonyl (C=O) groups excluding carboxylic acids is 2. The first-order valence-corrected chi connectivity index (χ1v) is 13.2. The lowest BCUT2D eigenvalue weighted by Crippen LogP contribution is -2.49. The predicted molar refractivity (Wildman–Crippen MR) is 148 cm³/mol. The molecule has 1 N–H and O–H groups in total. The molecular formula is C27H33N5O5S. The number of ether oxygens (including phenoxy) is 3. The smallest absolute Gasteiger partial charge is 0.322 e. The van der Waals surface area contributed by atoms with Crippen LogP contribution >= 0.6 is 11.3 Å². The van der Waals surface area contributed by atoms with Gasteiger partial charge < -0.3 is 34.2 Å². The Labute approximate surface area is 226 Å². The van der Waals surface area contributed by atoms with Crippen LogP contribution in [0.2, 0.25) is 0 Å². The summed E-state index contributed by atoms with van der Waals surface area (Å²) in [4.78, 5) is 36.4. The summed E-state index contributed by atoms with van der Waals surface area (Å²) in [5.41, 5.74) is 2.08.